The van der Waals surface area contributed by atoms with Crippen LogP contribution in [0.1, 0.15) is 31.4 Å². The average molecular weight is 337 g/mol. The summed E-state index contributed by atoms with van der Waals surface area (Å²) in [5, 5.41) is 0.755. The van der Waals surface area contributed by atoms with Crippen molar-refractivity contribution in [3.8, 4) is 0 Å². The maximum Gasteiger partial charge on any atom is 0.433 e. The summed E-state index contributed by atoms with van der Waals surface area (Å²) < 4.78 is 38.1. The Kier molecular flexibility index (Phi) is 4.71. The van der Waals surface area contributed by atoms with Gasteiger partial charge < -0.3 is 4.90 Å². The molecule has 1 aliphatic rings. The topological polar surface area (TPSA) is 16.1 Å². The van der Waals surface area contributed by atoms with Crippen molar-refractivity contribution in [2.24, 2.45) is 0 Å². The normalized spacial score (nSPS) is 21.3. The first-order valence-corrected chi connectivity index (χ1v) is 7.51. The molecule has 6 heteroatoms. The van der Waals surface area contributed by atoms with Crippen molar-refractivity contribution >= 4 is 21.7 Å². The van der Waals surface area contributed by atoms with Crippen LogP contribution in [0.5, 0.6) is 0 Å². The van der Waals surface area contributed by atoms with E-state index in [9.17, 15) is 13.2 Å². The van der Waals surface area contributed by atoms with Crippen molar-refractivity contribution in [3.05, 3.63) is 23.9 Å². The molecule has 0 bridgehead atoms. The van der Waals surface area contributed by atoms with E-state index in [4.69, 9.17) is 0 Å². The molecular formula is C13H16BrF3N2. The summed E-state index contributed by atoms with van der Waals surface area (Å²) in [5.74, 6) is 0.432. The highest BCUT2D eigenvalue weighted by Crippen LogP contribution is 2.30. The Bertz CT molecular complexity index is 423. The summed E-state index contributed by atoms with van der Waals surface area (Å²) in [6, 6.07) is 4.33. The summed E-state index contributed by atoms with van der Waals surface area (Å²) in [7, 11) is 0. The molecule has 1 aliphatic heterocycles. The van der Waals surface area contributed by atoms with Gasteiger partial charge in [-0.3, -0.25) is 0 Å². The van der Waals surface area contributed by atoms with Gasteiger partial charge in [0.25, 0.3) is 0 Å². The fourth-order valence-electron chi connectivity index (χ4n) is 2.38. The average Bonchev–Trinajstić information content (AvgIpc) is 2.62. The van der Waals surface area contributed by atoms with Crippen molar-refractivity contribution < 1.29 is 13.2 Å². The van der Waals surface area contributed by atoms with Crippen molar-refractivity contribution in [3.63, 3.8) is 0 Å². The van der Waals surface area contributed by atoms with Crippen LogP contribution in [0.2, 0.25) is 0 Å². The summed E-state index contributed by atoms with van der Waals surface area (Å²) in [4.78, 5) is 5.78. The number of nitrogens with zero attached hydrogens (tertiary/aromatic N) is 2. The van der Waals surface area contributed by atoms with Gasteiger partial charge in [-0.15, -0.1) is 0 Å². The Hall–Kier alpha value is -0.780. The largest absolute Gasteiger partial charge is 0.433 e. The molecule has 0 amide bonds. The molecule has 0 spiro atoms. The second-order valence-electron chi connectivity index (χ2n) is 4.73. The van der Waals surface area contributed by atoms with Crippen LogP contribution < -0.4 is 4.90 Å². The molecule has 1 aromatic rings. The third-order valence-electron chi connectivity index (χ3n) is 3.37. The molecule has 2 rings (SSSR count). The highest BCUT2D eigenvalue weighted by molar-refractivity contribution is 9.09. The molecule has 19 heavy (non-hydrogen) atoms. The van der Waals surface area contributed by atoms with E-state index in [1.807, 2.05) is 4.90 Å². The molecule has 2 heterocycles. The highest BCUT2D eigenvalue weighted by atomic mass is 79.9. The minimum Gasteiger partial charge on any atom is -0.353 e. The number of pyridine rings is 1. The first kappa shape index (κ1) is 14.6. The molecule has 1 aromatic heterocycles. The summed E-state index contributed by atoms with van der Waals surface area (Å²) in [6.45, 7) is 0.768. The van der Waals surface area contributed by atoms with Gasteiger partial charge in [0.05, 0.1) is 0 Å². The number of halogens is 4. The second-order valence-corrected chi connectivity index (χ2v) is 5.38. The molecule has 0 radical (unpaired) electrons. The predicted octanol–water partition coefficient (Wildman–Crippen LogP) is 4.24. The summed E-state index contributed by atoms with van der Waals surface area (Å²) >= 11 is 3.45. The van der Waals surface area contributed by atoms with Gasteiger partial charge in [0.1, 0.15) is 11.5 Å². The molecule has 1 atom stereocenters. The Morgan fingerprint density at radius 2 is 2.05 bits per heavy atom. The lowest BCUT2D eigenvalue weighted by Crippen LogP contribution is -2.37. The van der Waals surface area contributed by atoms with Crippen molar-refractivity contribution in [1.82, 2.24) is 4.98 Å². The van der Waals surface area contributed by atoms with Gasteiger partial charge in [-0.25, -0.2) is 4.98 Å². The smallest absolute Gasteiger partial charge is 0.353 e. The maximum absolute atomic E-state index is 12.7. The zero-order chi connectivity index (χ0) is 13.9. The first-order chi connectivity index (χ1) is 9.02. The van der Waals surface area contributed by atoms with E-state index >= 15 is 0 Å². The fourth-order valence-corrected chi connectivity index (χ4v) is 3.05. The number of anilines is 1. The minimum atomic E-state index is -4.38. The minimum absolute atomic E-state index is 0.221. The third kappa shape index (κ3) is 3.61. The highest BCUT2D eigenvalue weighted by Gasteiger charge is 2.33. The molecule has 1 fully saturated rings. The number of alkyl halides is 4. The van der Waals surface area contributed by atoms with Gasteiger partial charge in [-0.05, 0) is 25.0 Å². The third-order valence-corrected chi connectivity index (χ3v) is 4.12. The number of aromatic nitrogens is 1. The van der Waals surface area contributed by atoms with E-state index in [0.29, 0.717) is 5.82 Å². The fraction of sp³-hybridized carbons (Fsp3) is 0.615. The first-order valence-electron chi connectivity index (χ1n) is 6.39. The molecule has 0 aliphatic carbocycles. The second kappa shape index (κ2) is 6.11. The molecule has 1 saturated heterocycles. The van der Waals surface area contributed by atoms with Crippen molar-refractivity contribution in [2.45, 2.75) is 37.9 Å². The quantitative estimate of drug-likeness (QED) is 0.751. The van der Waals surface area contributed by atoms with E-state index in [0.717, 1.165) is 43.6 Å². The van der Waals surface area contributed by atoms with Gasteiger partial charge in [0.15, 0.2) is 0 Å². The van der Waals surface area contributed by atoms with E-state index in [1.54, 1.807) is 6.07 Å². The Balaban J connectivity index is 2.28. The number of hydrogen-bond donors (Lipinski definition) is 0. The van der Waals surface area contributed by atoms with Crippen LogP contribution in [-0.4, -0.2) is 22.9 Å². The molecule has 0 N–H and O–H groups in total. The monoisotopic (exact) mass is 336 g/mol. The van der Waals surface area contributed by atoms with Crippen LogP contribution in [0.25, 0.3) is 0 Å². The lowest BCUT2D eigenvalue weighted by Gasteiger charge is -2.30. The lowest BCUT2D eigenvalue weighted by atomic mass is 10.1. The van der Waals surface area contributed by atoms with E-state index in [1.165, 1.54) is 6.07 Å². The maximum atomic E-state index is 12.7. The van der Waals surface area contributed by atoms with E-state index in [-0.39, 0.29) is 6.04 Å². The molecular weight excluding hydrogens is 321 g/mol. The summed E-state index contributed by atoms with van der Waals surface area (Å²) in [5.41, 5.74) is -0.817. The zero-order valence-electron chi connectivity index (χ0n) is 10.5. The number of hydrogen-bond acceptors (Lipinski definition) is 2. The predicted molar refractivity (Wildman–Crippen MR) is 72.6 cm³/mol. The van der Waals surface area contributed by atoms with Crippen LogP contribution in [-0.2, 0) is 6.18 Å². The van der Waals surface area contributed by atoms with Crippen molar-refractivity contribution in [1.29, 1.82) is 0 Å². The van der Waals surface area contributed by atoms with Gasteiger partial charge in [0.2, 0.25) is 0 Å². The van der Waals surface area contributed by atoms with Crippen LogP contribution in [0.3, 0.4) is 0 Å². The van der Waals surface area contributed by atoms with Gasteiger partial charge >= 0.3 is 6.18 Å². The van der Waals surface area contributed by atoms with Gasteiger partial charge in [0, 0.05) is 17.9 Å². The zero-order valence-corrected chi connectivity index (χ0v) is 12.0. The standard InChI is InChI=1S/C13H16BrF3N2/c14-9-10-5-2-1-3-8-19(10)12-7-4-6-11(18-12)13(15,16)17/h4,6-7,10H,1-3,5,8-9H2. The van der Waals surface area contributed by atoms with Gasteiger partial charge in [-0.1, -0.05) is 34.8 Å². The van der Waals surface area contributed by atoms with Crippen molar-refractivity contribution in [2.75, 3.05) is 16.8 Å². The van der Waals surface area contributed by atoms with Crippen LogP contribution in [0.15, 0.2) is 18.2 Å². The van der Waals surface area contributed by atoms with Crippen LogP contribution >= 0.6 is 15.9 Å². The SMILES string of the molecule is FC(F)(F)c1cccc(N2CCCCCC2CBr)n1. The molecule has 0 saturated carbocycles. The molecule has 0 aromatic carbocycles. The molecule has 106 valence electrons. The molecule has 1 unspecified atom stereocenters. The molecule has 2 nitrogen and oxygen atoms in total. The van der Waals surface area contributed by atoms with E-state index in [2.05, 4.69) is 20.9 Å². The Morgan fingerprint density at radius 1 is 1.26 bits per heavy atom. The Morgan fingerprint density at radius 3 is 2.74 bits per heavy atom. The Labute approximate surface area is 119 Å². The number of rotatable bonds is 2. The van der Waals surface area contributed by atoms with Crippen LogP contribution in [0.4, 0.5) is 19.0 Å². The van der Waals surface area contributed by atoms with Crippen LogP contribution in [0, 0.1) is 0 Å². The lowest BCUT2D eigenvalue weighted by molar-refractivity contribution is -0.141. The summed E-state index contributed by atoms with van der Waals surface area (Å²) in [6.07, 6.45) is -0.152. The van der Waals surface area contributed by atoms with Gasteiger partial charge in [-0.2, -0.15) is 13.2 Å². The van der Waals surface area contributed by atoms with E-state index < -0.39 is 11.9 Å².